The number of aromatic nitrogens is 2. The molecule has 2 aromatic heterocycles. The van der Waals surface area contributed by atoms with Crippen LogP contribution in [0.3, 0.4) is 0 Å². The summed E-state index contributed by atoms with van der Waals surface area (Å²) in [6.45, 7) is 7.88. The van der Waals surface area contributed by atoms with Gasteiger partial charge in [0.25, 0.3) is 5.91 Å². The highest BCUT2D eigenvalue weighted by molar-refractivity contribution is 6.13. The standard InChI is InChI=1S/C36H39N5O/c1-25-9-13-27(14-10-25)34-35-31(30-7-3-4-8-32(30)37-35)23-33(38-34)39-36(42)28-15-11-26(12-16-28)24-40-21-17-29(18-22-40)41-19-5-2-6-20-41/h3-4,7-16,23,29,37H,2,5-6,17-22,24H2,1H3,(H,38,39,42). The number of nitrogens with one attached hydrogen (secondary N) is 2. The second-order valence-electron chi connectivity index (χ2n) is 12.1. The van der Waals surface area contributed by atoms with Gasteiger partial charge >= 0.3 is 0 Å². The summed E-state index contributed by atoms with van der Waals surface area (Å²) in [4.78, 5) is 27.1. The molecular weight excluding hydrogens is 518 g/mol. The van der Waals surface area contributed by atoms with Gasteiger partial charge in [-0.3, -0.25) is 9.69 Å². The van der Waals surface area contributed by atoms with Crippen LogP contribution in [0.25, 0.3) is 33.1 Å². The number of likely N-dealkylation sites (tertiary alicyclic amines) is 2. The van der Waals surface area contributed by atoms with Crippen LogP contribution in [0.4, 0.5) is 5.82 Å². The number of benzene rings is 3. The monoisotopic (exact) mass is 557 g/mol. The maximum Gasteiger partial charge on any atom is 0.256 e. The number of aryl methyl sites for hydroxylation is 1. The van der Waals surface area contributed by atoms with Crippen LogP contribution in [0, 0.1) is 6.92 Å². The zero-order valence-corrected chi connectivity index (χ0v) is 24.4. The zero-order chi connectivity index (χ0) is 28.5. The summed E-state index contributed by atoms with van der Waals surface area (Å²) in [7, 11) is 0. The van der Waals surface area contributed by atoms with Crippen molar-refractivity contribution >= 4 is 33.5 Å². The highest BCUT2D eigenvalue weighted by atomic mass is 16.1. The average Bonchev–Trinajstić information content (AvgIpc) is 3.41. The number of aromatic amines is 1. The summed E-state index contributed by atoms with van der Waals surface area (Å²) in [5, 5.41) is 5.25. The van der Waals surface area contributed by atoms with Crippen molar-refractivity contribution in [3.05, 3.63) is 95.6 Å². The Labute approximate surface area is 247 Å². The van der Waals surface area contributed by atoms with Crippen LogP contribution >= 0.6 is 0 Å². The Morgan fingerprint density at radius 1 is 0.881 bits per heavy atom. The summed E-state index contributed by atoms with van der Waals surface area (Å²) in [6.07, 6.45) is 6.65. The molecule has 7 rings (SSSR count). The SMILES string of the molecule is Cc1ccc(-c2nc(NC(=O)c3ccc(CN4CCC(N5CCCCC5)CC4)cc3)cc3c2[nH]c2ccccc23)cc1. The molecule has 2 aliphatic heterocycles. The largest absolute Gasteiger partial charge is 0.353 e. The number of carbonyl (C=O) groups is 1. The smallest absolute Gasteiger partial charge is 0.256 e. The number of fused-ring (bicyclic) bond motifs is 3. The maximum atomic E-state index is 13.4. The number of piperidine rings is 2. The van der Waals surface area contributed by atoms with Gasteiger partial charge in [0.15, 0.2) is 0 Å². The van der Waals surface area contributed by atoms with Gasteiger partial charge in [0, 0.05) is 40.0 Å². The molecule has 0 radical (unpaired) electrons. The first-order valence-corrected chi connectivity index (χ1v) is 15.5. The van der Waals surface area contributed by atoms with E-state index in [2.05, 4.69) is 75.6 Å². The van der Waals surface area contributed by atoms with Crippen LogP contribution in [-0.4, -0.2) is 57.9 Å². The Morgan fingerprint density at radius 2 is 1.62 bits per heavy atom. The van der Waals surface area contributed by atoms with Crippen LogP contribution in [0.5, 0.6) is 0 Å². The molecule has 214 valence electrons. The molecule has 0 saturated carbocycles. The maximum absolute atomic E-state index is 13.4. The van der Waals surface area contributed by atoms with E-state index in [1.807, 2.05) is 30.3 Å². The molecule has 0 spiro atoms. The second kappa shape index (κ2) is 11.7. The van der Waals surface area contributed by atoms with Gasteiger partial charge in [-0.2, -0.15) is 0 Å². The van der Waals surface area contributed by atoms with E-state index in [0.29, 0.717) is 11.4 Å². The number of carbonyl (C=O) groups excluding carboxylic acids is 1. The fourth-order valence-electron chi connectivity index (χ4n) is 6.76. The summed E-state index contributed by atoms with van der Waals surface area (Å²) in [6, 6.07) is 27.4. The van der Waals surface area contributed by atoms with Crippen molar-refractivity contribution < 1.29 is 4.79 Å². The lowest BCUT2D eigenvalue weighted by molar-refractivity contribution is 0.0896. The summed E-state index contributed by atoms with van der Waals surface area (Å²) in [5.41, 5.74) is 6.96. The minimum atomic E-state index is -0.148. The van der Waals surface area contributed by atoms with Gasteiger partial charge in [-0.15, -0.1) is 0 Å². The van der Waals surface area contributed by atoms with E-state index in [-0.39, 0.29) is 5.91 Å². The number of pyridine rings is 1. The normalized spacial score (nSPS) is 17.2. The van der Waals surface area contributed by atoms with Crippen LogP contribution < -0.4 is 5.32 Å². The van der Waals surface area contributed by atoms with E-state index >= 15 is 0 Å². The molecule has 2 fully saturated rings. The molecule has 1 amide bonds. The van der Waals surface area contributed by atoms with E-state index in [4.69, 9.17) is 4.98 Å². The molecule has 42 heavy (non-hydrogen) atoms. The quantitative estimate of drug-likeness (QED) is 0.228. The molecule has 2 saturated heterocycles. The number of H-pyrrole nitrogens is 1. The number of hydrogen-bond donors (Lipinski definition) is 2. The van der Waals surface area contributed by atoms with Crippen LogP contribution in [0.1, 0.15) is 53.6 Å². The zero-order valence-electron chi connectivity index (χ0n) is 24.4. The third kappa shape index (κ3) is 5.57. The average molecular weight is 558 g/mol. The van der Waals surface area contributed by atoms with E-state index < -0.39 is 0 Å². The van der Waals surface area contributed by atoms with Crippen LogP contribution in [0.15, 0.2) is 78.9 Å². The van der Waals surface area contributed by atoms with Crippen LogP contribution in [0.2, 0.25) is 0 Å². The molecule has 2 N–H and O–H groups in total. The topological polar surface area (TPSA) is 64.3 Å². The summed E-state index contributed by atoms with van der Waals surface area (Å²) < 4.78 is 0. The van der Waals surface area contributed by atoms with Crippen molar-refractivity contribution in [2.24, 2.45) is 0 Å². The highest BCUT2D eigenvalue weighted by Crippen LogP contribution is 2.34. The molecule has 6 heteroatoms. The number of hydrogen-bond acceptors (Lipinski definition) is 4. The fourth-order valence-corrected chi connectivity index (χ4v) is 6.76. The predicted molar refractivity (Wildman–Crippen MR) is 172 cm³/mol. The van der Waals surface area contributed by atoms with Crippen molar-refractivity contribution in [1.29, 1.82) is 0 Å². The Balaban J connectivity index is 1.06. The molecule has 0 atom stereocenters. The molecule has 5 aromatic rings. The predicted octanol–water partition coefficient (Wildman–Crippen LogP) is 7.39. The van der Waals surface area contributed by atoms with Gasteiger partial charge in [0.05, 0.1) is 11.2 Å². The molecule has 2 aliphatic rings. The lowest BCUT2D eigenvalue weighted by atomic mass is 9.99. The van der Waals surface area contributed by atoms with Gasteiger partial charge in [-0.25, -0.2) is 4.98 Å². The first-order chi connectivity index (χ1) is 20.6. The minimum absolute atomic E-state index is 0.148. The van der Waals surface area contributed by atoms with Gasteiger partial charge in [0.2, 0.25) is 0 Å². The summed E-state index contributed by atoms with van der Waals surface area (Å²) >= 11 is 0. The Kier molecular flexibility index (Phi) is 7.49. The number of amides is 1. The first kappa shape index (κ1) is 26.9. The Morgan fingerprint density at radius 3 is 2.38 bits per heavy atom. The van der Waals surface area contributed by atoms with Crippen LogP contribution in [-0.2, 0) is 6.54 Å². The first-order valence-electron chi connectivity index (χ1n) is 15.5. The summed E-state index contributed by atoms with van der Waals surface area (Å²) in [5.74, 6) is 0.402. The van der Waals surface area contributed by atoms with E-state index in [0.717, 1.165) is 58.7 Å². The van der Waals surface area contributed by atoms with E-state index in [1.54, 1.807) is 0 Å². The fraction of sp³-hybridized carbons (Fsp3) is 0.333. The van der Waals surface area contributed by atoms with Crippen molar-refractivity contribution in [1.82, 2.24) is 19.8 Å². The van der Waals surface area contributed by atoms with Gasteiger partial charge in [-0.1, -0.05) is 66.6 Å². The highest BCUT2D eigenvalue weighted by Gasteiger charge is 2.25. The number of para-hydroxylation sites is 1. The molecule has 0 aliphatic carbocycles. The van der Waals surface area contributed by atoms with Crippen molar-refractivity contribution in [3.63, 3.8) is 0 Å². The lowest BCUT2D eigenvalue weighted by Gasteiger charge is -2.40. The number of anilines is 1. The van der Waals surface area contributed by atoms with E-state index in [9.17, 15) is 4.79 Å². The Bertz CT molecular complexity index is 1690. The number of nitrogens with zero attached hydrogens (tertiary/aromatic N) is 3. The van der Waals surface area contributed by atoms with Gasteiger partial charge < -0.3 is 15.2 Å². The molecular formula is C36H39N5O. The van der Waals surface area contributed by atoms with E-state index in [1.165, 1.54) is 56.3 Å². The Hall–Kier alpha value is -4.00. The van der Waals surface area contributed by atoms with Crippen molar-refractivity contribution in [2.45, 2.75) is 51.6 Å². The molecule has 6 nitrogen and oxygen atoms in total. The minimum Gasteiger partial charge on any atom is -0.353 e. The molecule has 3 aromatic carbocycles. The van der Waals surface area contributed by atoms with Gasteiger partial charge in [-0.05, 0) is 88.6 Å². The third-order valence-electron chi connectivity index (χ3n) is 9.15. The van der Waals surface area contributed by atoms with Crippen molar-refractivity contribution in [2.75, 3.05) is 31.5 Å². The lowest BCUT2D eigenvalue weighted by Crippen LogP contribution is -2.46. The van der Waals surface area contributed by atoms with Crippen molar-refractivity contribution in [3.8, 4) is 11.3 Å². The molecule has 4 heterocycles. The second-order valence-corrected chi connectivity index (χ2v) is 12.1. The van der Waals surface area contributed by atoms with Gasteiger partial charge in [0.1, 0.15) is 5.82 Å². The third-order valence-corrected chi connectivity index (χ3v) is 9.15. The molecule has 0 bridgehead atoms. The molecule has 0 unspecified atom stereocenters. The number of rotatable bonds is 6.